The minimum absolute atomic E-state index is 0. The summed E-state index contributed by atoms with van der Waals surface area (Å²) >= 11 is 3.47. The number of rotatable bonds is 0. The maximum Gasteiger partial charge on any atom is 1.00 e. The van der Waals surface area contributed by atoms with Gasteiger partial charge in [0.05, 0.1) is 0 Å². The van der Waals surface area contributed by atoms with Crippen LogP contribution in [-0.2, 0) is 20.2 Å². The standard InChI is InChI=1S/C5H5N.Na.H2O3S2.H/c1-2-4-6-5-3-1;;1-5(2,3)4;/h1-5H;;(H2,1,2,3,4);/q;+1;;-1. The Balaban J connectivity index is -0.000000136. The molecule has 1 aromatic heterocycles. The van der Waals surface area contributed by atoms with Crippen LogP contribution in [0, 0.1) is 0 Å². The molecule has 0 amide bonds. The fourth-order valence-electron chi connectivity index (χ4n) is 0.313. The van der Waals surface area contributed by atoms with Gasteiger partial charge in [-0.05, 0) is 12.1 Å². The number of pyridine rings is 1. The molecule has 0 radical (unpaired) electrons. The SMILES string of the molecule is O=S(O)(O)=S.[H-].[Na+].c1ccncc1. The van der Waals surface area contributed by atoms with E-state index < -0.39 is 9.05 Å². The molecule has 0 aliphatic carbocycles. The summed E-state index contributed by atoms with van der Waals surface area (Å²) in [6.07, 6.45) is 3.50. The van der Waals surface area contributed by atoms with Gasteiger partial charge in [0.15, 0.2) is 0 Å². The first kappa shape index (κ1) is 14.9. The largest absolute Gasteiger partial charge is 1.00 e. The van der Waals surface area contributed by atoms with Crippen molar-refractivity contribution >= 4 is 20.2 Å². The van der Waals surface area contributed by atoms with Gasteiger partial charge in [-0.25, -0.2) is 0 Å². The fraction of sp³-hybridized carbons (Fsp3) is 0. The maximum absolute atomic E-state index is 9.11. The summed E-state index contributed by atoms with van der Waals surface area (Å²) in [5.74, 6) is 0. The Morgan fingerprint density at radius 1 is 1.25 bits per heavy atom. The predicted octanol–water partition coefficient (Wildman–Crippen LogP) is -2.12. The molecule has 0 aliphatic rings. The van der Waals surface area contributed by atoms with E-state index in [0.29, 0.717) is 0 Å². The molecule has 64 valence electrons. The third-order valence-electron chi connectivity index (χ3n) is 0.566. The molecule has 0 spiro atoms. The van der Waals surface area contributed by atoms with Gasteiger partial charge in [0.2, 0.25) is 0 Å². The van der Waals surface area contributed by atoms with Gasteiger partial charge in [0.1, 0.15) is 0 Å². The summed E-state index contributed by atoms with van der Waals surface area (Å²) in [4.78, 5) is 3.78. The topological polar surface area (TPSA) is 70.4 Å². The Hall–Kier alpha value is 0.440. The Labute approximate surface area is 99.5 Å². The Morgan fingerprint density at radius 3 is 1.67 bits per heavy atom. The van der Waals surface area contributed by atoms with Gasteiger partial charge in [-0.1, -0.05) is 6.07 Å². The van der Waals surface area contributed by atoms with Gasteiger partial charge in [-0.3, -0.25) is 14.1 Å². The zero-order chi connectivity index (χ0) is 8.74. The van der Waals surface area contributed by atoms with E-state index in [1.807, 2.05) is 18.2 Å². The number of aromatic nitrogens is 1. The van der Waals surface area contributed by atoms with E-state index in [0.717, 1.165) is 0 Å². The molecule has 0 saturated carbocycles. The first-order chi connectivity index (χ1) is 5.00. The van der Waals surface area contributed by atoms with Crippen LogP contribution in [0.5, 0.6) is 0 Å². The van der Waals surface area contributed by atoms with E-state index in [4.69, 9.17) is 13.3 Å². The van der Waals surface area contributed by atoms with Crippen molar-refractivity contribution in [3.05, 3.63) is 30.6 Å². The Kier molecular flexibility index (Phi) is 10.0. The van der Waals surface area contributed by atoms with Crippen LogP contribution in [-0.4, -0.2) is 18.3 Å². The van der Waals surface area contributed by atoms with Crippen molar-refractivity contribution in [1.29, 1.82) is 0 Å². The van der Waals surface area contributed by atoms with Crippen LogP contribution in [0.25, 0.3) is 0 Å². The molecule has 4 nitrogen and oxygen atoms in total. The zero-order valence-electron chi connectivity index (χ0n) is 7.45. The third-order valence-corrected chi connectivity index (χ3v) is 0.566. The molecule has 0 atom stereocenters. The summed E-state index contributed by atoms with van der Waals surface area (Å²) in [6.45, 7) is 0. The second-order valence-corrected chi connectivity index (χ2v) is 3.67. The van der Waals surface area contributed by atoms with Crippen molar-refractivity contribution in [3.63, 3.8) is 0 Å². The number of nitrogens with zero attached hydrogens (tertiary/aromatic N) is 1. The average Bonchev–Trinajstić information content (AvgIpc) is 1.88. The zero-order valence-corrected chi connectivity index (χ0v) is 10.1. The van der Waals surface area contributed by atoms with E-state index >= 15 is 0 Å². The van der Waals surface area contributed by atoms with Crippen molar-refractivity contribution in [3.8, 4) is 0 Å². The second-order valence-electron chi connectivity index (χ2n) is 1.47. The molecule has 0 unspecified atom stereocenters. The fourth-order valence-corrected chi connectivity index (χ4v) is 0.313. The van der Waals surface area contributed by atoms with Crippen LogP contribution >= 0.6 is 0 Å². The average molecular weight is 217 g/mol. The molecule has 0 bridgehead atoms. The van der Waals surface area contributed by atoms with Crippen LogP contribution < -0.4 is 29.6 Å². The van der Waals surface area contributed by atoms with Crippen LogP contribution in [0.15, 0.2) is 30.6 Å². The van der Waals surface area contributed by atoms with Gasteiger partial charge in [0, 0.05) is 23.6 Å². The molecule has 1 heterocycles. The summed E-state index contributed by atoms with van der Waals surface area (Å²) in [7, 11) is -3.83. The quantitative estimate of drug-likeness (QED) is 0.486. The molecular formula is C5H8NNaO3S2. The van der Waals surface area contributed by atoms with Crippen molar-refractivity contribution in [1.82, 2.24) is 4.98 Å². The van der Waals surface area contributed by atoms with Crippen LogP contribution in [0.2, 0.25) is 0 Å². The molecule has 12 heavy (non-hydrogen) atoms. The minimum atomic E-state index is -3.83. The number of hydrogen-bond donors (Lipinski definition) is 2. The molecule has 1 rings (SSSR count). The molecule has 0 aromatic carbocycles. The van der Waals surface area contributed by atoms with Crippen LogP contribution in [0.1, 0.15) is 1.43 Å². The van der Waals surface area contributed by atoms with Crippen molar-refractivity contribution in [2.24, 2.45) is 0 Å². The molecule has 2 N–H and O–H groups in total. The van der Waals surface area contributed by atoms with Crippen molar-refractivity contribution in [2.75, 3.05) is 0 Å². The van der Waals surface area contributed by atoms with Gasteiger partial charge in [0.25, 0.3) is 9.05 Å². The summed E-state index contributed by atoms with van der Waals surface area (Å²) < 4.78 is 24.0. The molecule has 0 aliphatic heterocycles. The van der Waals surface area contributed by atoms with E-state index in [2.05, 4.69) is 16.2 Å². The van der Waals surface area contributed by atoms with Crippen molar-refractivity contribution < 1.29 is 44.3 Å². The molecule has 0 saturated heterocycles. The van der Waals surface area contributed by atoms with E-state index in [1.165, 1.54) is 0 Å². The van der Waals surface area contributed by atoms with Crippen molar-refractivity contribution in [2.45, 2.75) is 0 Å². The second kappa shape index (κ2) is 8.06. The normalized spacial score (nSPS) is 8.83. The monoisotopic (exact) mass is 217 g/mol. The molecular weight excluding hydrogens is 209 g/mol. The molecule has 1 aromatic rings. The summed E-state index contributed by atoms with van der Waals surface area (Å²) in [5, 5.41) is 0. The minimum Gasteiger partial charge on any atom is -1.00 e. The van der Waals surface area contributed by atoms with E-state index in [-0.39, 0.29) is 31.0 Å². The van der Waals surface area contributed by atoms with Crippen LogP contribution in [0.4, 0.5) is 0 Å². The van der Waals surface area contributed by atoms with Gasteiger partial charge in [-0.2, -0.15) is 4.21 Å². The van der Waals surface area contributed by atoms with Crippen LogP contribution in [0.3, 0.4) is 0 Å². The number of hydrogen-bond acceptors (Lipinski definition) is 3. The summed E-state index contributed by atoms with van der Waals surface area (Å²) in [6, 6.07) is 5.72. The Morgan fingerprint density at radius 2 is 1.58 bits per heavy atom. The summed E-state index contributed by atoms with van der Waals surface area (Å²) in [5.41, 5.74) is 0. The first-order valence-electron chi connectivity index (χ1n) is 2.55. The van der Waals surface area contributed by atoms with E-state index in [1.54, 1.807) is 12.4 Å². The smallest absolute Gasteiger partial charge is 1.00 e. The molecule has 7 heteroatoms. The molecule has 0 fully saturated rings. The van der Waals surface area contributed by atoms with Gasteiger partial charge >= 0.3 is 29.6 Å². The maximum atomic E-state index is 9.11. The van der Waals surface area contributed by atoms with Gasteiger partial charge in [-0.15, -0.1) is 0 Å². The Bertz CT molecular complexity index is 246. The first-order valence-corrected chi connectivity index (χ1v) is 4.95. The third kappa shape index (κ3) is 22.4. The predicted molar refractivity (Wildman–Crippen MR) is 46.1 cm³/mol. The van der Waals surface area contributed by atoms with Gasteiger partial charge < -0.3 is 1.43 Å². The van der Waals surface area contributed by atoms with E-state index in [9.17, 15) is 0 Å².